The predicted octanol–water partition coefficient (Wildman–Crippen LogP) is 1.28. The maximum absolute atomic E-state index is 9.16. The van der Waals surface area contributed by atoms with Crippen molar-refractivity contribution in [2.24, 2.45) is 0 Å². The molecule has 5 nitrogen and oxygen atoms in total. The third-order valence-electron chi connectivity index (χ3n) is 2.85. The molecule has 1 aromatic rings. The van der Waals surface area contributed by atoms with E-state index in [-0.39, 0.29) is 6.10 Å². The van der Waals surface area contributed by atoms with Crippen LogP contribution in [-0.4, -0.2) is 34.6 Å². The van der Waals surface area contributed by atoms with Crippen molar-refractivity contribution in [2.45, 2.75) is 44.6 Å². The van der Waals surface area contributed by atoms with Crippen LogP contribution in [0.5, 0.6) is 0 Å². The molecule has 0 aromatic carbocycles. The van der Waals surface area contributed by atoms with Crippen LogP contribution in [-0.2, 0) is 11.2 Å². The number of rotatable bonds is 4. The zero-order chi connectivity index (χ0) is 11.4. The molecule has 1 atom stereocenters. The lowest BCUT2D eigenvalue weighted by atomic mass is 10.00. The molecule has 1 saturated heterocycles. The highest BCUT2D eigenvalue weighted by molar-refractivity contribution is 4.96. The molecule has 0 radical (unpaired) electrons. The molecule has 0 amide bonds. The summed E-state index contributed by atoms with van der Waals surface area (Å²) in [6.45, 7) is 3.32. The zero-order valence-electron chi connectivity index (χ0n) is 9.56. The van der Waals surface area contributed by atoms with Gasteiger partial charge in [-0.3, -0.25) is 0 Å². The van der Waals surface area contributed by atoms with Gasteiger partial charge >= 0.3 is 0 Å². The van der Waals surface area contributed by atoms with Crippen molar-refractivity contribution in [3.05, 3.63) is 11.7 Å². The molecule has 0 saturated carbocycles. The SMILES string of the molecule is CC(O)CCc1nc(C2CCOCC2)no1. The van der Waals surface area contributed by atoms with E-state index in [1.54, 1.807) is 6.92 Å². The average molecular weight is 226 g/mol. The lowest BCUT2D eigenvalue weighted by molar-refractivity contribution is 0.0830. The van der Waals surface area contributed by atoms with Crippen molar-refractivity contribution in [1.82, 2.24) is 10.1 Å². The number of aliphatic hydroxyl groups excluding tert-OH is 1. The molecule has 2 heterocycles. The number of aryl methyl sites for hydroxylation is 1. The molecule has 16 heavy (non-hydrogen) atoms. The Labute approximate surface area is 94.8 Å². The average Bonchev–Trinajstić information content (AvgIpc) is 2.76. The molecule has 0 aliphatic carbocycles. The number of nitrogens with zero attached hydrogens (tertiary/aromatic N) is 2. The number of aromatic nitrogens is 2. The normalized spacial score (nSPS) is 19.9. The Kier molecular flexibility index (Phi) is 3.90. The van der Waals surface area contributed by atoms with Crippen molar-refractivity contribution in [2.75, 3.05) is 13.2 Å². The Hall–Kier alpha value is -0.940. The van der Waals surface area contributed by atoms with Gasteiger partial charge in [0.15, 0.2) is 5.82 Å². The highest BCUT2D eigenvalue weighted by Crippen LogP contribution is 2.24. The van der Waals surface area contributed by atoms with E-state index in [0.29, 0.717) is 24.7 Å². The number of aliphatic hydroxyl groups is 1. The minimum Gasteiger partial charge on any atom is -0.393 e. The largest absolute Gasteiger partial charge is 0.393 e. The van der Waals surface area contributed by atoms with E-state index in [0.717, 1.165) is 31.9 Å². The summed E-state index contributed by atoms with van der Waals surface area (Å²) in [7, 11) is 0. The van der Waals surface area contributed by atoms with E-state index in [1.807, 2.05) is 0 Å². The van der Waals surface area contributed by atoms with Crippen LogP contribution in [0.25, 0.3) is 0 Å². The first-order valence-corrected chi connectivity index (χ1v) is 5.84. The van der Waals surface area contributed by atoms with Crippen molar-refractivity contribution in [3.63, 3.8) is 0 Å². The van der Waals surface area contributed by atoms with Crippen molar-refractivity contribution in [1.29, 1.82) is 0 Å². The predicted molar refractivity (Wildman–Crippen MR) is 57.1 cm³/mol. The second-order valence-corrected chi connectivity index (χ2v) is 4.32. The number of ether oxygens (including phenoxy) is 1. The lowest BCUT2D eigenvalue weighted by Gasteiger charge is -2.18. The number of hydrogen-bond acceptors (Lipinski definition) is 5. The van der Waals surface area contributed by atoms with E-state index in [1.165, 1.54) is 0 Å². The van der Waals surface area contributed by atoms with Gasteiger partial charge in [-0.05, 0) is 26.2 Å². The fourth-order valence-corrected chi connectivity index (χ4v) is 1.82. The van der Waals surface area contributed by atoms with Gasteiger partial charge in [0.25, 0.3) is 0 Å². The van der Waals surface area contributed by atoms with Gasteiger partial charge in [0, 0.05) is 25.6 Å². The summed E-state index contributed by atoms with van der Waals surface area (Å²) in [5.41, 5.74) is 0. The van der Waals surface area contributed by atoms with Crippen molar-refractivity contribution < 1.29 is 14.4 Å². The van der Waals surface area contributed by atoms with Crippen LogP contribution in [0.15, 0.2) is 4.52 Å². The Morgan fingerprint density at radius 2 is 2.19 bits per heavy atom. The standard InChI is InChI=1S/C11H18N2O3/c1-8(14)2-3-10-12-11(13-16-10)9-4-6-15-7-5-9/h8-9,14H,2-7H2,1H3. The summed E-state index contributed by atoms with van der Waals surface area (Å²) < 4.78 is 10.4. The molecule has 1 aromatic heterocycles. The van der Waals surface area contributed by atoms with Crippen LogP contribution in [0.2, 0.25) is 0 Å². The first-order valence-electron chi connectivity index (χ1n) is 5.84. The molecule has 1 unspecified atom stereocenters. The Balaban J connectivity index is 1.90. The van der Waals surface area contributed by atoms with Gasteiger partial charge in [-0.2, -0.15) is 4.98 Å². The molecule has 0 bridgehead atoms. The summed E-state index contributed by atoms with van der Waals surface area (Å²) >= 11 is 0. The van der Waals surface area contributed by atoms with E-state index < -0.39 is 0 Å². The second kappa shape index (κ2) is 5.41. The van der Waals surface area contributed by atoms with Crippen LogP contribution in [0.1, 0.15) is 43.8 Å². The lowest BCUT2D eigenvalue weighted by Crippen LogP contribution is -2.15. The summed E-state index contributed by atoms with van der Waals surface area (Å²) in [5.74, 6) is 1.80. The number of hydrogen-bond donors (Lipinski definition) is 1. The van der Waals surface area contributed by atoms with Crippen molar-refractivity contribution in [3.8, 4) is 0 Å². The fraction of sp³-hybridized carbons (Fsp3) is 0.818. The topological polar surface area (TPSA) is 68.4 Å². The highest BCUT2D eigenvalue weighted by atomic mass is 16.5. The molecule has 0 spiro atoms. The summed E-state index contributed by atoms with van der Waals surface area (Å²) in [6.07, 6.45) is 2.92. The van der Waals surface area contributed by atoms with Gasteiger partial charge in [0.1, 0.15) is 0 Å². The molecule has 1 fully saturated rings. The van der Waals surface area contributed by atoms with Gasteiger partial charge < -0.3 is 14.4 Å². The first-order chi connectivity index (χ1) is 7.75. The Morgan fingerprint density at radius 1 is 1.44 bits per heavy atom. The van der Waals surface area contributed by atoms with E-state index >= 15 is 0 Å². The van der Waals surface area contributed by atoms with Gasteiger partial charge in [0.05, 0.1) is 6.10 Å². The summed E-state index contributed by atoms with van der Waals surface area (Å²) in [4.78, 5) is 4.36. The van der Waals surface area contributed by atoms with E-state index in [4.69, 9.17) is 14.4 Å². The smallest absolute Gasteiger partial charge is 0.226 e. The van der Waals surface area contributed by atoms with Gasteiger partial charge in [-0.1, -0.05) is 5.16 Å². The minimum atomic E-state index is -0.321. The molecule has 90 valence electrons. The molecule has 5 heteroatoms. The van der Waals surface area contributed by atoms with Crippen molar-refractivity contribution >= 4 is 0 Å². The third kappa shape index (κ3) is 3.02. The van der Waals surface area contributed by atoms with Gasteiger partial charge in [-0.25, -0.2) is 0 Å². The second-order valence-electron chi connectivity index (χ2n) is 4.32. The Bertz CT molecular complexity index is 319. The molecule has 1 N–H and O–H groups in total. The fourth-order valence-electron chi connectivity index (χ4n) is 1.82. The molecule has 2 rings (SSSR count). The monoisotopic (exact) mass is 226 g/mol. The van der Waals surface area contributed by atoms with E-state index in [2.05, 4.69) is 10.1 Å². The van der Waals surface area contributed by atoms with Gasteiger partial charge in [0.2, 0.25) is 5.89 Å². The van der Waals surface area contributed by atoms with E-state index in [9.17, 15) is 0 Å². The third-order valence-corrected chi connectivity index (χ3v) is 2.85. The summed E-state index contributed by atoms with van der Waals surface area (Å²) in [5, 5.41) is 13.2. The highest BCUT2D eigenvalue weighted by Gasteiger charge is 2.21. The van der Waals surface area contributed by atoms with Crippen LogP contribution in [0.4, 0.5) is 0 Å². The molecular weight excluding hydrogens is 208 g/mol. The van der Waals surface area contributed by atoms with Gasteiger partial charge in [-0.15, -0.1) is 0 Å². The molecule has 1 aliphatic rings. The van der Waals surface area contributed by atoms with Crippen LogP contribution in [0, 0.1) is 0 Å². The van der Waals surface area contributed by atoms with Crippen LogP contribution in [0.3, 0.4) is 0 Å². The summed E-state index contributed by atoms with van der Waals surface area (Å²) in [6, 6.07) is 0. The first kappa shape index (κ1) is 11.5. The van der Waals surface area contributed by atoms with Crippen LogP contribution >= 0.6 is 0 Å². The maximum atomic E-state index is 9.16. The molecular formula is C11H18N2O3. The Morgan fingerprint density at radius 3 is 2.88 bits per heavy atom. The minimum absolute atomic E-state index is 0.321. The quantitative estimate of drug-likeness (QED) is 0.837. The zero-order valence-corrected chi connectivity index (χ0v) is 9.56. The van der Waals surface area contributed by atoms with Crippen LogP contribution < -0.4 is 0 Å². The maximum Gasteiger partial charge on any atom is 0.226 e. The molecule has 1 aliphatic heterocycles.